The van der Waals surface area contributed by atoms with Gasteiger partial charge in [0.05, 0.1) is 5.69 Å². The van der Waals surface area contributed by atoms with Crippen molar-refractivity contribution in [3.05, 3.63) is 71.6 Å². The van der Waals surface area contributed by atoms with E-state index in [1.807, 2.05) is 24.5 Å². The van der Waals surface area contributed by atoms with Crippen LogP contribution in [0, 0.1) is 0 Å². The Bertz CT molecular complexity index is 903. The first-order chi connectivity index (χ1) is 14.2. The molecule has 2 aromatic heterocycles. The van der Waals surface area contributed by atoms with E-state index < -0.39 is 0 Å². The molecule has 2 N–H and O–H groups in total. The van der Waals surface area contributed by atoms with Gasteiger partial charge in [-0.15, -0.1) is 24.0 Å². The third-order valence-corrected chi connectivity index (χ3v) is 4.54. The summed E-state index contributed by atoms with van der Waals surface area (Å²) in [4.78, 5) is 9.11. The number of nitrogens with one attached hydrogen (secondary N) is 2. The van der Waals surface area contributed by atoms with E-state index in [1.54, 1.807) is 0 Å². The van der Waals surface area contributed by atoms with Crippen molar-refractivity contribution in [2.24, 2.45) is 4.99 Å². The Balaban J connectivity index is 0.00000320. The van der Waals surface area contributed by atoms with E-state index in [-0.39, 0.29) is 24.0 Å². The highest BCUT2D eigenvalue weighted by atomic mass is 127. The molecule has 0 unspecified atom stereocenters. The van der Waals surface area contributed by atoms with Crippen molar-refractivity contribution in [1.29, 1.82) is 0 Å². The topological polar surface area (TPSA) is 80.3 Å². The Morgan fingerprint density at radius 3 is 2.70 bits per heavy atom. The minimum absolute atomic E-state index is 0. The van der Waals surface area contributed by atoms with Crippen LogP contribution in [0.5, 0.6) is 0 Å². The van der Waals surface area contributed by atoms with Crippen molar-refractivity contribution in [2.45, 2.75) is 46.2 Å². The predicted octanol–water partition coefficient (Wildman–Crippen LogP) is 3.96. The third-order valence-electron chi connectivity index (χ3n) is 4.54. The molecule has 0 aliphatic rings. The monoisotopic (exact) mass is 522 g/mol. The maximum Gasteiger partial charge on any atom is 0.191 e. The molecule has 0 atom stereocenters. The zero-order valence-corrected chi connectivity index (χ0v) is 20.2. The second-order valence-electron chi connectivity index (χ2n) is 7.20. The van der Waals surface area contributed by atoms with E-state index in [9.17, 15) is 0 Å². The normalized spacial score (nSPS) is 11.4. The highest BCUT2D eigenvalue weighted by molar-refractivity contribution is 14.0. The van der Waals surface area contributed by atoms with Crippen LogP contribution in [0.1, 0.15) is 49.5 Å². The van der Waals surface area contributed by atoms with Crippen LogP contribution in [0.2, 0.25) is 0 Å². The number of hydrogen-bond acceptors (Lipinski definition) is 4. The van der Waals surface area contributed by atoms with Crippen molar-refractivity contribution in [3.8, 4) is 0 Å². The van der Waals surface area contributed by atoms with Crippen molar-refractivity contribution in [3.63, 3.8) is 0 Å². The molecule has 0 fully saturated rings. The predicted molar refractivity (Wildman–Crippen MR) is 130 cm³/mol. The Kier molecular flexibility index (Phi) is 9.85. The molecule has 0 saturated carbocycles. The minimum atomic E-state index is 0. The van der Waals surface area contributed by atoms with Gasteiger partial charge in [-0.25, -0.2) is 9.98 Å². The molecule has 0 radical (unpaired) electrons. The van der Waals surface area contributed by atoms with Crippen LogP contribution >= 0.6 is 24.0 Å². The number of aromatic nitrogens is 3. The zero-order chi connectivity index (χ0) is 20.5. The van der Waals surface area contributed by atoms with Gasteiger partial charge in [0.2, 0.25) is 0 Å². The van der Waals surface area contributed by atoms with Gasteiger partial charge in [0.1, 0.15) is 12.4 Å². The smallest absolute Gasteiger partial charge is 0.191 e. The van der Waals surface area contributed by atoms with E-state index in [2.05, 4.69) is 75.4 Å². The van der Waals surface area contributed by atoms with Crippen LogP contribution < -0.4 is 10.6 Å². The number of halogens is 1. The standard InChI is InChI=1S/C22H30N6O.HI/c1-4-23-22(26-15-19-14-20(17(2)3)27-29-19)25-11-10-21-24-12-13-28(21)16-18-8-6-5-7-9-18;/h5-9,12-14,17H,4,10-11,15-16H2,1-3H3,(H2,23,25,26);1H. The lowest BCUT2D eigenvalue weighted by molar-refractivity contribution is 0.376. The fourth-order valence-electron chi connectivity index (χ4n) is 2.96. The number of aliphatic imine (C=N–C) groups is 1. The van der Waals surface area contributed by atoms with E-state index in [0.717, 1.165) is 49.3 Å². The molecule has 0 amide bonds. The lowest BCUT2D eigenvalue weighted by Gasteiger charge is -2.12. The molecule has 0 aliphatic heterocycles. The first-order valence-electron chi connectivity index (χ1n) is 10.2. The zero-order valence-electron chi connectivity index (χ0n) is 17.8. The Hall–Kier alpha value is -2.36. The second kappa shape index (κ2) is 12.4. The van der Waals surface area contributed by atoms with Gasteiger partial charge in [-0.3, -0.25) is 0 Å². The molecule has 162 valence electrons. The summed E-state index contributed by atoms with van der Waals surface area (Å²) in [6.45, 7) is 9.06. The van der Waals surface area contributed by atoms with Crippen molar-refractivity contribution in [2.75, 3.05) is 13.1 Å². The summed E-state index contributed by atoms with van der Waals surface area (Å²) in [6, 6.07) is 12.4. The summed E-state index contributed by atoms with van der Waals surface area (Å²) < 4.78 is 7.55. The molecule has 0 bridgehead atoms. The van der Waals surface area contributed by atoms with Crippen molar-refractivity contribution in [1.82, 2.24) is 25.3 Å². The van der Waals surface area contributed by atoms with Gasteiger partial charge in [-0.05, 0) is 18.4 Å². The van der Waals surface area contributed by atoms with Gasteiger partial charge in [-0.2, -0.15) is 0 Å². The fourth-order valence-corrected chi connectivity index (χ4v) is 2.96. The van der Waals surface area contributed by atoms with Crippen LogP contribution in [0.4, 0.5) is 0 Å². The molecule has 3 rings (SSSR count). The Morgan fingerprint density at radius 1 is 1.20 bits per heavy atom. The van der Waals surface area contributed by atoms with Gasteiger partial charge in [0.25, 0.3) is 0 Å². The van der Waals surface area contributed by atoms with Gasteiger partial charge in [0.15, 0.2) is 11.7 Å². The van der Waals surface area contributed by atoms with Gasteiger partial charge in [-0.1, -0.05) is 49.3 Å². The van der Waals surface area contributed by atoms with Gasteiger partial charge in [0, 0.05) is 44.5 Å². The maximum atomic E-state index is 5.36. The molecular formula is C22H31IN6O. The molecule has 3 aromatic rings. The summed E-state index contributed by atoms with van der Waals surface area (Å²) in [5, 5.41) is 10.7. The van der Waals surface area contributed by atoms with Crippen LogP contribution in [0.15, 0.2) is 58.3 Å². The van der Waals surface area contributed by atoms with E-state index in [0.29, 0.717) is 12.5 Å². The summed E-state index contributed by atoms with van der Waals surface area (Å²) >= 11 is 0. The number of nitrogens with zero attached hydrogens (tertiary/aromatic N) is 4. The average molecular weight is 522 g/mol. The quantitative estimate of drug-likeness (QED) is 0.253. The molecule has 30 heavy (non-hydrogen) atoms. The Labute approximate surface area is 195 Å². The van der Waals surface area contributed by atoms with E-state index in [4.69, 9.17) is 4.52 Å². The van der Waals surface area contributed by atoms with Crippen LogP contribution in [0.3, 0.4) is 0 Å². The molecule has 0 aliphatic carbocycles. The maximum absolute atomic E-state index is 5.36. The summed E-state index contributed by atoms with van der Waals surface area (Å²) in [5.41, 5.74) is 2.22. The van der Waals surface area contributed by atoms with Crippen LogP contribution in [-0.4, -0.2) is 33.8 Å². The molecule has 1 aromatic carbocycles. The van der Waals surface area contributed by atoms with Crippen molar-refractivity contribution >= 4 is 29.9 Å². The van der Waals surface area contributed by atoms with Gasteiger partial charge >= 0.3 is 0 Å². The molecule has 8 heteroatoms. The molecule has 2 heterocycles. The van der Waals surface area contributed by atoms with E-state index >= 15 is 0 Å². The summed E-state index contributed by atoms with van der Waals surface area (Å²) in [5.74, 6) is 2.93. The first-order valence-corrected chi connectivity index (χ1v) is 10.2. The third kappa shape index (κ3) is 7.16. The lowest BCUT2D eigenvalue weighted by atomic mass is 10.1. The largest absolute Gasteiger partial charge is 0.359 e. The number of guanidine groups is 1. The van der Waals surface area contributed by atoms with Crippen molar-refractivity contribution < 1.29 is 4.52 Å². The fraction of sp³-hybridized carbons (Fsp3) is 0.409. The SMILES string of the molecule is CCNC(=NCc1cc(C(C)C)no1)NCCc1nccn1Cc1ccccc1.I. The lowest BCUT2D eigenvalue weighted by Crippen LogP contribution is -2.38. The minimum Gasteiger partial charge on any atom is -0.359 e. The van der Waals surface area contributed by atoms with Gasteiger partial charge < -0.3 is 19.7 Å². The number of imidazole rings is 1. The second-order valence-corrected chi connectivity index (χ2v) is 7.20. The average Bonchev–Trinajstić information content (AvgIpc) is 3.37. The number of hydrogen-bond donors (Lipinski definition) is 2. The Morgan fingerprint density at radius 2 is 2.00 bits per heavy atom. The molecule has 7 nitrogen and oxygen atoms in total. The van der Waals surface area contributed by atoms with Crippen LogP contribution in [-0.2, 0) is 19.5 Å². The summed E-state index contributed by atoms with van der Waals surface area (Å²) in [7, 11) is 0. The van der Waals surface area contributed by atoms with Crippen LogP contribution in [0.25, 0.3) is 0 Å². The molecule has 0 saturated heterocycles. The van der Waals surface area contributed by atoms with E-state index in [1.165, 1.54) is 5.56 Å². The first kappa shape index (κ1) is 23.9. The molecular weight excluding hydrogens is 491 g/mol. The molecule has 0 spiro atoms. The number of benzene rings is 1. The number of rotatable bonds is 9. The highest BCUT2D eigenvalue weighted by Crippen LogP contribution is 2.14. The summed E-state index contributed by atoms with van der Waals surface area (Å²) in [6.07, 6.45) is 4.69. The highest BCUT2D eigenvalue weighted by Gasteiger charge is 2.08.